The van der Waals surface area contributed by atoms with Crippen molar-refractivity contribution >= 4 is 5.97 Å². The summed E-state index contributed by atoms with van der Waals surface area (Å²) in [4.78, 5) is 11.8. The van der Waals surface area contributed by atoms with Crippen LogP contribution in [0.4, 0.5) is 0 Å². The van der Waals surface area contributed by atoms with Crippen LogP contribution in [-0.4, -0.2) is 27.6 Å². The fourth-order valence-electron chi connectivity index (χ4n) is 2.04. The van der Waals surface area contributed by atoms with E-state index in [0.29, 0.717) is 18.8 Å². The normalized spacial score (nSPS) is 12.9. The summed E-state index contributed by atoms with van der Waals surface area (Å²) in [7, 11) is 0. The standard InChI is InChI=1S/C13H13N3O3/c1-2-18-13(17)12-10-8-19-11-6-4-3-5-9(11)7-16(10)15-14-12/h3-6H,2,7-8H2,1H3. The first-order chi connectivity index (χ1) is 9.29. The molecule has 1 aliphatic heterocycles. The fraction of sp³-hybridized carbons (Fsp3) is 0.308. The number of nitrogens with zero attached hydrogens (tertiary/aromatic N) is 3. The van der Waals surface area contributed by atoms with Crippen LogP contribution in [0, 0.1) is 0 Å². The molecule has 0 N–H and O–H groups in total. The van der Waals surface area contributed by atoms with Gasteiger partial charge in [0.15, 0.2) is 5.69 Å². The molecule has 2 heterocycles. The van der Waals surface area contributed by atoms with Crippen LogP contribution in [0.15, 0.2) is 24.3 Å². The summed E-state index contributed by atoms with van der Waals surface area (Å²) in [6.07, 6.45) is 0. The number of aromatic nitrogens is 3. The van der Waals surface area contributed by atoms with E-state index in [9.17, 15) is 4.79 Å². The van der Waals surface area contributed by atoms with Gasteiger partial charge in [0.05, 0.1) is 13.2 Å². The second kappa shape index (κ2) is 4.72. The Morgan fingerprint density at radius 1 is 1.47 bits per heavy atom. The van der Waals surface area contributed by atoms with Gasteiger partial charge in [-0.05, 0) is 13.0 Å². The fourth-order valence-corrected chi connectivity index (χ4v) is 2.04. The quantitative estimate of drug-likeness (QED) is 0.762. The molecule has 6 heteroatoms. The van der Waals surface area contributed by atoms with Gasteiger partial charge in [0, 0.05) is 5.56 Å². The Morgan fingerprint density at radius 2 is 2.32 bits per heavy atom. The van der Waals surface area contributed by atoms with E-state index in [1.807, 2.05) is 24.3 Å². The minimum absolute atomic E-state index is 0.231. The van der Waals surface area contributed by atoms with E-state index in [-0.39, 0.29) is 12.3 Å². The molecule has 0 spiro atoms. The van der Waals surface area contributed by atoms with Crippen molar-refractivity contribution in [2.45, 2.75) is 20.1 Å². The number of ether oxygens (including phenoxy) is 2. The highest BCUT2D eigenvalue weighted by Crippen LogP contribution is 2.24. The first-order valence-corrected chi connectivity index (χ1v) is 6.09. The predicted octanol–water partition coefficient (Wildman–Crippen LogP) is 1.40. The van der Waals surface area contributed by atoms with Gasteiger partial charge >= 0.3 is 5.97 Å². The van der Waals surface area contributed by atoms with Crippen molar-refractivity contribution in [2.24, 2.45) is 0 Å². The first-order valence-electron chi connectivity index (χ1n) is 6.09. The Labute approximate surface area is 109 Å². The molecule has 19 heavy (non-hydrogen) atoms. The van der Waals surface area contributed by atoms with Crippen LogP contribution >= 0.6 is 0 Å². The summed E-state index contributed by atoms with van der Waals surface area (Å²) in [6.45, 7) is 2.87. The average molecular weight is 259 g/mol. The van der Waals surface area contributed by atoms with E-state index in [2.05, 4.69) is 10.3 Å². The number of hydrogen-bond acceptors (Lipinski definition) is 5. The zero-order valence-corrected chi connectivity index (χ0v) is 10.5. The summed E-state index contributed by atoms with van der Waals surface area (Å²) in [5, 5.41) is 7.89. The third-order valence-electron chi connectivity index (χ3n) is 2.96. The molecule has 6 nitrogen and oxygen atoms in total. The zero-order chi connectivity index (χ0) is 13.2. The van der Waals surface area contributed by atoms with E-state index < -0.39 is 5.97 Å². The summed E-state index contributed by atoms with van der Waals surface area (Å²) >= 11 is 0. The Kier molecular flexibility index (Phi) is 2.91. The topological polar surface area (TPSA) is 66.2 Å². The van der Waals surface area contributed by atoms with Gasteiger partial charge in [-0.3, -0.25) is 0 Å². The SMILES string of the molecule is CCOC(=O)c1nnn2c1COc1ccccc1C2. The summed E-state index contributed by atoms with van der Waals surface area (Å²) in [5.74, 6) is 0.348. The largest absolute Gasteiger partial charge is 0.487 e. The molecule has 2 aromatic rings. The summed E-state index contributed by atoms with van der Waals surface area (Å²) < 4.78 is 12.3. The van der Waals surface area contributed by atoms with Gasteiger partial charge < -0.3 is 9.47 Å². The second-order valence-electron chi connectivity index (χ2n) is 4.16. The van der Waals surface area contributed by atoms with E-state index >= 15 is 0 Å². The molecule has 0 bridgehead atoms. The number of rotatable bonds is 2. The van der Waals surface area contributed by atoms with Crippen LogP contribution in [-0.2, 0) is 17.9 Å². The number of fused-ring (bicyclic) bond motifs is 2. The van der Waals surface area contributed by atoms with Gasteiger partial charge in [-0.25, -0.2) is 9.48 Å². The maximum Gasteiger partial charge on any atom is 0.360 e. The molecular weight excluding hydrogens is 246 g/mol. The maximum atomic E-state index is 11.8. The van der Waals surface area contributed by atoms with Crippen LogP contribution in [0.2, 0.25) is 0 Å². The van der Waals surface area contributed by atoms with Gasteiger partial charge in [-0.15, -0.1) is 5.10 Å². The average Bonchev–Trinajstić information content (AvgIpc) is 2.72. The minimum atomic E-state index is -0.460. The number of carbonyl (C=O) groups is 1. The highest BCUT2D eigenvalue weighted by atomic mass is 16.5. The summed E-state index contributed by atoms with van der Waals surface area (Å²) in [6, 6.07) is 7.73. The summed E-state index contributed by atoms with van der Waals surface area (Å²) in [5.41, 5.74) is 1.89. The first kappa shape index (κ1) is 11.7. The molecule has 1 aromatic carbocycles. The van der Waals surface area contributed by atoms with Crippen LogP contribution in [0.5, 0.6) is 5.75 Å². The Hall–Kier alpha value is -2.37. The van der Waals surface area contributed by atoms with Crippen molar-refractivity contribution < 1.29 is 14.3 Å². The van der Waals surface area contributed by atoms with Crippen molar-refractivity contribution in [3.63, 3.8) is 0 Å². The number of esters is 1. The molecule has 1 aromatic heterocycles. The van der Waals surface area contributed by atoms with Crippen molar-refractivity contribution in [2.75, 3.05) is 6.61 Å². The lowest BCUT2D eigenvalue weighted by molar-refractivity contribution is 0.0516. The van der Waals surface area contributed by atoms with Crippen molar-refractivity contribution in [3.05, 3.63) is 41.2 Å². The van der Waals surface area contributed by atoms with Gasteiger partial charge in [0.2, 0.25) is 0 Å². The van der Waals surface area contributed by atoms with Crippen LogP contribution < -0.4 is 4.74 Å². The van der Waals surface area contributed by atoms with Gasteiger partial charge in [0.25, 0.3) is 0 Å². The molecule has 0 amide bonds. The molecule has 3 rings (SSSR count). The third kappa shape index (κ3) is 2.05. The van der Waals surface area contributed by atoms with Crippen molar-refractivity contribution in [1.29, 1.82) is 0 Å². The molecule has 0 fully saturated rings. The van der Waals surface area contributed by atoms with Crippen LogP contribution in [0.1, 0.15) is 28.7 Å². The monoisotopic (exact) mass is 259 g/mol. The van der Waals surface area contributed by atoms with Gasteiger partial charge in [-0.2, -0.15) is 0 Å². The van der Waals surface area contributed by atoms with Crippen LogP contribution in [0.3, 0.4) is 0 Å². The molecule has 0 atom stereocenters. The Balaban J connectivity index is 1.96. The molecule has 0 radical (unpaired) electrons. The third-order valence-corrected chi connectivity index (χ3v) is 2.96. The molecule has 0 aliphatic carbocycles. The lowest BCUT2D eigenvalue weighted by atomic mass is 10.2. The molecule has 0 unspecified atom stereocenters. The minimum Gasteiger partial charge on any atom is -0.487 e. The predicted molar refractivity (Wildman–Crippen MR) is 65.9 cm³/mol. The lowest BCUT2D eigenvalue weighted by Crippen LogP contribution is -2.11. The molecule has 98 valence electrons. The molecule has 0 saturated heterocycles. The highest BCUT2D eigenvalue weighted by molar-refractivity contribution is 5.88. The van der Waals surface area contributed by atoms with Gasteiger partial charge in [-0.1, -0.05) is 23.4 Å². The van der Waals surface area contributed by atoms with Crippen LogP contribution in [0.25, 0.3) is 0 Å². The van der Waals surface area contributed by atoms with E-state index in [0.717, 1.165) is 11.3 Å². The number of carbonyl (C=O) groups excluding carboxylic acids is 1. The zero-order valence-electron chi connectivity index (χ0n) is 10.5. The van der Waals surface area contributed by atoms with Crippen molar-refractivity contribution in [1.82, 2.24) is 15.0 Å². The maximum absolute atomic E-state index is 11.8. The van der Waals surface area contributed by atoms with E-state index in [1.165, 1.54) is 0 Å². The Morgan fingerprint density at radius 3 is 3.16 bits per heavy atom. The van der Waals surface area contributed by atoms with E-state index in [1.54, 1.807) is 11.6 Å². The smallest absolute Gasteiger partial charge is 0.360 e. The van der Waals surface area contributed by atoms with Gasteiger partial charge in [0.1, 0.15) is 18.1 Å². The number of benzene rings is 1. The lowest BCUT2D eigenvalue weighted by Gasteiger charge is -2.05. The Bertz CT molecular complexity index is 621. The highest BCUT2D eigenvalue weighted by Gasteiger charge is 2.24. The second-order valence-corrected chi connectivity index (χ2v) is 4.16. The molecule has 0 saturated carbocycles. The van der Waals surface area contributed by atoms with E-state index in [4.69, 9.17) is 9.47 Å². The molecule has 1 aliphatic rings. The number of para-hydroxylation sites is 1. The number of hydrogen-bond donors (Lipinski definition) is 0. The van der Waals surface area contributed by atoms with Crippen molar-refractivity contribution in [3.8, 4) is 5.75 Å². The molecular formula is C13H13N3O3.